The third-order valence-corrected chi connectivity index (χ3v) is 2.27. The van der Waals surface area contributed by atoms with Gasteiger partial charge in [0.1, 0.15) is 11.3 Å². The van der Waals surface area contributed by atoms with Crippen LogP contribution in [0.5, 0.6) is 0 Å². The lowest BCUT2D eigenvalue weighted by Gasteiger charge is -1.98. The van der Waals surface area contributed by atoms with Crippen molar-refractivity contribution in [2.75, 3.05) is 0 Å². The maximum Gasteiger partial charge on any atom is 0.417 e. The minimum absolute atomic E-state index is 0.000556. The van der Waals surface area contributed by atoms with Gasteiger partial charge in [-0.1, -0.05) is 6.07 Å². The number of nitrogens with zero attached hydrogens (tertiary/aromatic N) is 2. The van der Waals surface area contributed by atoms with E-state index in [2.05, 4.69) is 4.98 Å². The van der Waals surface area contributed by atoms with Gasteiger partial charge in [-0.05, 0) is 19.1 Å². The molecular weight excluding hydrogens is 212 g/mol. The first-order valence-corrected chi connectivity index (χ1v) is 4.47. The molecule has 6 nitrogen and oxygen atoms in total. The highest BCUT2D eigenvalue weighted by Crippen LogP contribution is 2.19. The lowest BCUT2D eigenvalue weighted by atomic mass is 10.2. The fraction of sp³-hybridized carbons (Fsp3) is 0.100. The predicted molar refractivity (Wildman–Crippen MR) is 54.9 cm³/mol. The third-order valence-electron chi connectivity index (χ3n) is 2.27. The molecule has 16 heavy (non-hydrogen) atoms. The molecule has 0 atom stereocenters. The van der Waals surface area contributed by atoms with Crippen LogP contribution in [0, 0.1) is 6.92 Å². The summed E-state index contributed by atoms with van der Waals surface area (Å²) >= 11 is 0. The molecule has 2 N–H and O–H groups in total. The summed E-state index contributed by atoms with van der Waals surface area (Å²) in [7, 11) is 0. The average Bonchev–Trinajstić information content (AvgIpc) is 2.52. The smallest absolute Gasteiger partial charge is 0.417 e. The number of aromatic nitrogens is 2. The van der Waals surface area contributed by atoms with E-state index < -0.39 is 12.1 Å². The molecule has 0 bridgehead atoms. The van der Waals surface area contributed by atoms with Gasteiger partial charge in [0, 0.05) is 0 Å². The Balaban J connectivity index is 2.88. The van der Waals surface area contributed by atoms with E-state index in [1.54, 1.807) is 0 Å². The highest BCUT2D eigenvalue weighted by molar-refractivity contribution is 6.02. The summed E-state index contributed by atoms with van der Waals surface area (Å²) in [4.78, 5) is 25.8. The molecule has 0 radical (unpaired) electrons. The van der Waals surface area contributed by atoms with Crippen LogP contribution in [0.3, 0.4) is 0 Å². The molecule has 2 aromatic rings. The van der Waals surface area contributed by atoms with E-state index in [-0.39, 0.29) is 22.4 Å². The van der Waals surface area contributed by atoms with Crippen molar-refractivity contribution in [1.82, 2.24) is 9.55 Å². The Morgan fingerprint density at radius 1 is 1.31 bits per heavy atom. The lowest BCUT2D eigenvalue weighted by molar-refractivity contribution is 0.0698. The number of carboxylic acid groups (broad SMARTS) is 2. The monoisotopic (exact) mass is 220 g/mol. The summed E-state index contributed by atoms with van der Waals surface area (Å²) in [5.74, 6) is -0.878. The number of hydrogen-bond donors (Lipinski definition) is 2. The number of imidazole rings is 1. The lowest BCUT2D eigenvalue weighted by Crippen LogP contribution is -2.09. The molecule has 1 aromatic carbocycles. The summed E-state index contributed by atoms with van der Waals surface area (Å²) < 4.78 is 0.960. The van der Waals surface area contributed by atoms with E-state index in [9.17, 15) is 9.59 Å². The van der Waals surface area contributed by atoms with Crippen molar-refractivity contribution in [3.05, 3.63) is 29.6 Å². The molecule has 0 unspecified atom stereocenters. The first-order chi connectivity index (χ1) is 7.52. The third kappa shape index (κ3) is 1.31. The molecule has 0 fully saturated rings. The van der Waals surface area contributed by atoms with Gasteiger partial charge in [0.2, 0.25) is 0 Å². The second kappa shape index (κ2) is 3.34. The molecule has 0 saturated carbocycles. The van der Waals surface area contributed by atoms with Gasteiger partial charge < -0.3 is 10.2 Å². The second-order valence-corrected chi connectivity index (χ2v) is 3.26. The summed E-state index contributed by atoms with van der Waals surface area (Å²) in [6, 6.07) is 4.41. The fourth-order valence-electron chi connectivity index (χ4n) is 1.63. The number of hydrogen-bond acceptors (Lipinski definition) is 3. The van der Waals surface area contributed by atoms with Crippen LogP contribution in [0.1, 0.15) is 16.2 Å². The maximum absolute atomic E-state index is 11.0. The zero-order valence-corrected chi connectivity index (χ0v) is 8.34. The van der Waals surface area contributed by atoms with Gasteiger partial charge in [0.15, 0.2) is 0 Å². The normalized spacial score (nSPS) is 10.6. The standard InChI is InChI=1S/C10H8N2O4/c1-5-11-8-6(9(13)14)3-2-4-7(8)12(5)10(15)16/h2-4H,1H3,(H,13,14)(H,15,16). The summed E-state index contributed by atoms with van der Waals surface area (Å²) in [5.41, 5.74) is 0.473. The Morgan fingerprint density at radius 2 is 2.00 bits per heavy atom. The van der Waals surface area contributed by atoms with Gasteiger partial charge in [-0.2, -0.15) is 0 Å². The Hall–Kier alpha value is -2.37. The molecule has 6 heteroatoms. The fourth-order valence-corrected chi connectivity index (χ4v) is 1.63. The number of fused-ring (bicyclic) bond motifs is 1. The molecule has 2 rings (SSSR count). The van der Waals surface area contributed by atoms with E-state index in [1.807, 2.05) is 0 Å². The van der Waals surface area contributed by atoms with Crippen LogP contribution < -0.4 is 0 Å². The predicted octanol–water partition coefficient (Wildman–Crippen LogP) is 1.57. The van der Waals surface area contributed by atoms with E-state index in [1.165, 1.54) is 25.1 Å². The Labute approximate surface area is 89.8 Å². The van der Waals surface area contributed by atoms with Crippen LogP contribution in [0.15, 0.2) is 18.2 Å². The summed E-state index contributed by atoms with van der Waals surface area (Å²) in [6.45, 7) is 1.51. The van der Waals surface area contributed by atoms with Crippen LogP contribution >= 0.6 is 0 Å². The minimum atomic E-state index is -1.18. The van der Waals surface area contributed by atoms with Gasteiger partial charge in [-0.25, -0.2) is 19.1 Å². The van der Waals surface area contributed by atoms with Gasteiger partial charge in [-0.3, -0.25) is 0 Å². The van der Waals surface area contributed by atoms with Crippen molar-refractivity contribution in [2.45, 2.75) is 6.92 Å². The van der Waals surface area contributed by atoms with Crippen LogP contribution in [-0.2, 0) is 0 Å². The first kappa shape index (κ1) is 10.2. The van der Waals surface area contributed by atoms with E-state index in [0.717, 1.165) is 4.57 Å². The van der Waals surface area contributed by atoms with E-state index >= 15 is 0 Å². The number of rotatable bonds is 1. The number of carboxylic acids is 1. The van der Waals surface area contributed by atoms with Gasteiger partial charge in [-0.15, -0.1) is 0 Å². The van der Waals surface area contributed by atoms with Gasteiger partial charge in [0.05, 0.1) is 11.1 Å². The summed E-state index contributed by atoms with van der Waals surface area (Å²) in [5, 5.41) is 17.9. The quantitative estimate of drug-likeness (QED) is 0.760. The van der Waals surface area contributed by atoms with Gasteiger partial charge in [0.25, 0.3) is 0 Å². The van der Waals surface area contributed by atoms with Crippen LogP contribution in [0.2, 0.25) is 0 Å². The molecule has 0 saturated heterocycles. The van der Waals surface area contributed by atoms with E-state index in [0.29, 0.717) is 0 Å². The van der Waals surface area contributed by atoms with Gasteiger partial charge >= 0.3 is 12.1 Å². The number of carbonyl (C=O) groups is 2. The molecule has 82 valence electrons. The topological polar surface area (TPSA) is 92.4 Å². The molecule has 0 amide bonds. The molecule has 0 aliphatic rings. The first-order valence-electron chi connectivity index (χ1n) is 4.47. The van der Waals surface area contributed by atoms with Crippen molar-refractivity contribution < 1.29 is 19.8 Å². The Morgan fingerprint density at radius 3 is 2.56 bits per heavy atom. The highest BCUT2D eigenvalue weighted by atomic mass is 16.4. The largest absolute Gasteiger partial charge is 0.478 e. The molecule has 0 aliphatic heterocycles. The zero-order chi connectivity index (χ0) is 11.9. The highest BCUT2D eigenvalue weighted by Gasteiger charge is 2.17. The van der Waals surface area contributed by atoms with Crippen molar-refractivity contribution in [3.8, 4) is 0 Å². The SMILES string of the molecule is Cc1nc2c(C(=O)O)cccc2n1C(=O)O. The summed E-state index contributed by atoms with van der Waals surface area (Å²) in [6.07, 6.45) is -1.18. The van der Waals surface area contributed by atoms with Crippen molar-refractivity contribution >= 4 is 23.1 Å². The van der Waals surface area contributed by atoms with E-state index in [4.69, 9.17) is 10.2 Å². The van der Waals surface area contributed by atoms with Crippen molar-refractivity contribution in [3.63, 3.8) is 0 Å². The average molecular weight is 220 g/mol. The van der Waals surface area contributed by atoms with Crippen LogP contribution in [0.4, 0.5) is 4.79 Å². The molecular formula is C10H8N2O4. The van der Waals surface area contributed by atoms with Crippen molar-refractivity contribution in [1.29, 1.82) is 0 Å². The number of benzene rings is 1. The number of aryl methyl sites for hydroxylation is 1. The Bertz CT molecular complexity index is 600. The zero-order valence-electron chi connectivity index (χ0n) is 8.34. The number of aromatic carboxylic acids is 1. The Kier molecular flexibility index (Phi) is 2.12. The number of para-hydroxylation sites is 1. The molecule has 1 aromatic heterocycles. The molecule has 0 spiro atoms. The minimum Gasteiger partial charge on any atom is -0.478 e. The molecule has 1 heterocycles. The second-order valence-electron chi connectivity index (χ2n) is 3.26. The van der Waals surface area contributed by atoms with Crippen LogP contribution in [0.25, 0.3) is 11.0 Å². The van der Waals surface area contributed by atoms with Crippen molar-refractivity contribution in [2.24, 2.45) is 0 Å². The van der Waals surface area contributed by atoms with Crippen LogP contribution in [-0.4, -0.2) is 31.8 Å². The molecule has 0 aliphatic carbocycles. The maximum atomic E-state index is 11.0.